The van der Waals surface area contributed by atoms with Gasteiger partial charge in [0.15, 0.2) is 5.82 Å². The lowest BCUT2D eigenvalue weighted by Gasteiger charge is -2.20. The number of rotatable bonds is 5. The number of carbonyl (C=O) groups is 1. The summed E-state index contributed by atoms with van der Waals surface area (Å²) in [6.45, 7) is 0. The lowest BCUT2D eigenvalue weighted by atomic mass is 9.89. The zero-order valence-electron chi connectivity index (χ0n) is 12.8. The first-order valence-electron chi connectivity index (χ1n) is 7.80. The molecule has 0 unspecified atom stereocenters. The van der Waals surface area contributed by atoms with Gasteiger partial charge in [-0.05, 0) is 30.5 Å². The number of nitrogens with two attached hydrogens (primary N) is 1. The minimum absolute atomic E-state index is 0.292. The molecule has 0 bridgehead atoms. The van der Waals surface area contributed by atoms with E-state index in [1.807, 2.05) is 12.1 Å². The van der Waals surface area contributed by atoms with Crippen molar-refractivity contribution >= 4 is 17.7 Å². The van der Waals surface area contributed by atoms with Crippen molar-refractivity contribution in [3.63, 3.8) is 0 Å². The van der Waals surface area contributed by atoms with E-state index in [0.717, 1.165) is 24.2 Å². The average molecular weight is 332 g/mol. The van der Waals surface area contributed by atoms with E-state index in [2.05, 4.69) is 10.2 Å². The van der Waals surface area contributed by atoms with Crippen molar-refractivity contribution in [3.8, 4) is 0 Å². The van der Waals surface area contributed by atoms with Crippen LogP contribution in [-0.4, -0.2) is 25.9 Å². The molecule has 0 radical (unpaired) electrons. The van der Waals surface area contributed by atoms with Gasteiger partial charge in [-0.25, -0.2) is 9.47 Å². The molecule has 1 aliphatic carbocycles. The SMILES string of the molecule is Nn1c(SCc2ccc(C(=O)O)cc2)nnc1C1CCCCC1. The third-order valence-electron chi connectivity index (χ3n) is 4.23. The van der Waals surface area contributed by atoms with Crippen LogP contribution in [0.2, 0.25) is 0 Å². The normalized spacial score (nSPS) is 15.7. The molecule has 3 rings (SSSR count). The largest absolute Gasteiger partial charge is 0.478 e. The molecule has 0 saturated heterocycles. The van der Waals surface area contributed by atoms with E-state index in [1.54, 1.807) is 16.8 Å². The van der Waals surface area contributed by atoms with Gasteiger partial charge in [0.2, 0.25) is 5.16 Å². The first-order valence-corrected chi connectivity index (χ1v) is 8.79. The topological polar surface area (TPSA) is 94.0 Å². The highest BCUT2D eigenvalue weighted by molar-refractivity contribution is 7.98. The Bertz CT molecular complexity index is 678. The predicted molar refractivity (Wildman–Crippen MR) is 89.0 cm³/mol. The molecule has 1 saturated carbocycles. The Hall–Kier alpha value is -2.02. The van der Waals surface area contributed by atoms with Crippen LogP contribution in [0.15, 0.2) is 29.4 Å². The molecule has 0 aliphatic heterocycles. The second kappa shape index (κ2) is 7.04. The second-order valence-corrected chi connectivity index (χ2v) is 6.78. The quantitative estimate of drug-likeness (QED) is 0.645. The number of carboxylic acids is 1. The summed E-state index contributed by atoms with van der Waals surface area (Å²) >= 11 is 1.52. The van der Waals surface area contributed by atoms with Crippen LogP contribution in [0, 0.1) is 0 Å². The highest BCUT2D eigenvalue weighted by Gasteiger charge is 2.22. The molecular weight excluding hydrogens is 312 g/mol. The van der Waals surface area contributed by atoms with Gasteiger partial charge in [-0.3, -0.25) is 0 Å². The third-order valence-corrected chi connectivity index (χ3v) is 5.24. The van der Waals surface area contributed by atoms with Gasteiger partial charge < -0.3 is 10.9 Å². The Morgan fingerprint density at radius 3 is 2.57 bits per heavy atom. The van der Waals surface area contributed by atoms with E-state index in [4.69, 9.17) is 10.9 Å². The summed E-state index contributed by atoms with van der Waals surface area (Å²) in [6, 6.07) is 6.85. The number of carboxylic acid groups (broad SMARTS) is 1. The van der Waals surface area contributed by atoms with E-state index >= 15 is 0 Å². The van der Waals surface area contributed by atoms with E-state index in [1.165, 1.54) is 31.0 Å². The molecule has 7 heteroatoms. The van der Waals surface area contributed by atoms with Crippen LogP contribution < -0.4 is 5.84 Å². The Morgan fingerprint density at radius 1 is 1.22 bits per heavy atom. The zero-order chi connectivity index (χ0) is 16.2. The van der Waals surface area contributed by atoms with Crippen LogP contribution in [0.3, 0.4) is 0 Å². The fraction of sp³-hybridized carbons (Fsp3) is 0.438. The summed E-state index contributed by atoms with van der Waals surface area (Å²) in [7, 11) is 0. The van der Waals surface area contributed by atoms with E-state index < -0.39 is 5.97 Å². The fourth-order valence-corrected chi connectivity index (χ4v) is 3.74. The van der Waals surface area contributed by atoms with Crippen molar-refractivity contribution in [2.24, 2.45) is 0 Å². The summed E-state index contributed by atoms with van der Waals surface area (Å²) in [5.74, 6) is 7.23. The van der Waals surface area contributed by atoms with Crippen LogP contribution in [0.1, 0.15) is 59.8 Å². The summed E-state index contributed by atoms with van der Waals surface area (Å²) in [6.07, 6.45) is 6.03. The number of hydrogen-bond donors (Lipinski definition) is 2. The molecular formula is C16H20N4O2S. The van der Waals surface area contributed by atoms with Gasteiger partial charge >= 0.3 is 5.97 Å². The third kappa shape index (κ3) is 3.67. The molecule has 6 nitrogen and oxygen atoms in total. The standard InChI is InChI=1S/C16H20N4O2S/c17-20-14(12-4-2-1-3-5-12)18-19-16(20)23-10-11-6-8-13(9-7-11)15(21)22/h6-9,12H,1-5,10,17H2,(H,21,22). The average Bonchev–Trinajstić information content (AvgIpc) is 2.95. The highest BCUT2D eigenvalue weighted by atomic mass is 32.2. The Morgan fingerprint density at radius 2 is 1.91 bits per heavy atom. The van der Waals surface area contributed by atoms with Crippen molar-refractivity contribution in [1.82, 2.24) is 14.9 Å². The van der Waals surface area contributed by atoms with E-state index in [0.29, 0.717) is 22.4 Å². The molecule has 23 heavy (non-hydrogen) atoms. The number of hydrogen-bond acceptors (Lipinski definition) is 5. The first kappa shape index (κ1) is 15.9. The Kier molecular flexibility index (Phi) is 4.85. The van der Waals surface area contributed by atoms with Crippen LogP contribution >= 0.6 is 11.8 Å². The number of aromatic nitrogens is 3. The summed E-state index contributed by atoms with van der Waals surface area (Å²) in [4.78, 5) is 10.8. The van der Waals surface area contributed by atoms with Gasteiger partial charge in [-0.2, -0.15) is 0 Å². The van der Waals surface area contributed by atoms with Crippen LogP contribution in [0.4, 0.5) is 0 Å². The number of nitrogen functional groups attached to an aromatic ring is 1. The number of aromatic carboxylic acids is 1. The Labute approximate surface area is 139 Å². The molecule has 0 amide bonds. The molecule has 3 N–H and O–H groups in total. The maximum atomic E-state index is 10.8. The highest BCUT2D eigenvalue weighted by Crippen LogP contribution is 2.32. The van der Waals surface area contributed by atoms with Crippen molar-refractivity contribution < 1.29 is 9.90 Å². The van der Waals surface area contributed by atoms with Gasteiger partial charge in [0.05, 0.1) is 5.56 Å². The molecule has 1 heterocycles. The predicted octanol–water partition coefficient (Wildman–Crippen LogP) is 3.03. The number of benzene rings is 1. The van der Waals surface area contributed by atoms with E-state index in [-0.39, 0.29) is 0 Å². The molecule has 0 spiro atoms. The van der Waals surface area contributed by atoms with Crippen molar-refractivity contribution in [1.29, 1.82) is 0 Å². The second-order valence-electron chi connectivity index (χ2n) is 5.84. The minimum atomic E-state index is -0.914. The molecule has 2 aromatic rings. The smallest absolute Gasteiger partial charge is 0.335 e. The zero-order valence-corrected chi connectivity index (χ0v) is 13.6. The Balaban J connectivity index is 1.64. The number of thioether (sulfide) groups is 1. The maximum Gasteiger partial charge on any atom is 0.335 e. The summed E-state index contributed by atoms with van der Waals surface area (Å²) in [5, 5.41) is 18.1. The minimum Gasteiger partial charge on any atom is -0.478 e. The maximum absolute atomic E-state index is 10.8. The van der Waals surface area contributed by atoms with Crippen LogP contribution in [0.25, 0.3) is 0 Å². The van der Waals surface area contributed by atoms with Crippen molar-refractivity contribution in [2.45, 2.75) is 48.9 Å². The summed E-state index contributed by atoms with van der Waals surface area (Å²) < 4.78 is 1.62. The van der Waals surface area contributed by atoms with Gasteiger partial charge in [0.1, 0.15) is 0 Å². The first-order chi connectivity index (χ1) is 11.1. The molecule has 1 aromatic heterocycles. The lowest BCUT2D eigenvalue weighted by molar-refractivity contribution is 0.0697. The molecule has 0 atom stereocenters. The molecule has 1 aromatic carbocycles. The number of nitrogens with zero attached hydrogens (tertiary/aromatic N) is 3. The fourth-order valence-electron chi connectivity index (χ4n) is 2.92. The van der Waals surface area contributed by atoms with Crippen molar-refractivity contribution in [2.75, 3.05) is 5.84 Å². The lowest BCUT2D eigenvalue weighted by Crippen LogP contribution is -2.18. The van der Waals surface area contributed by atoms with Gasteiger partial charge in [-0.15, -0.1) is 10.2 Å². The van der Waals surface area contributed by atoms with Crippen LogP contribution in [0.5, 0.6) is 0 Å². The van der Waals surface area contributed by atoms with E-state index in [9.17, 15) is 4.79 Å². The van der Waals surface area contributed by atoms with Gasteiger partial charge in [0, 0.05) is 11.7 Å². The van der Waals surface area contributed by atoms with Gasteiger partial charge in [0.25, 0.3) is 0 Å². The molecule has 122 valence electrons. The summed E-state index contributed by atoms with van der Waals surface area (Å²) in [5.41, 5.74) is 1.32. The van der Waals surface area contributed by atoms with Gasteiger partial charge in [-0.1, -0.05) is 43.2 Å². The van der Waals surface area contributed by atoms with Crippen LogP contribution in [-0.2, 0) is 5.75 Å². The monoisotopic (exact) mass is 332 g/mol. The molecule has 1 aliphatic rings. The van der Waals surface area contributed by atoms with Crippen molar-refractivity contribution in [3.05, 3.63) is 41.2 Å². The molecule has 1 fully saturated rings.